The number of rotatable bonds is 3. The molecule has 1 aliphatic carbocycles. The molecule has 1 saturated carbocycles. The average molecular weight is 273 g/mol. The fraction of sp³-hybridized carbons (Fsp3) is 0.588. The number of hydrogen-bond donors (Lipinski definition) is 2. The van der Waals surface area contributed by atoms with E-state index in [1.165, 1.54) is 45.1 Å². The maximum absolute atomic E-state index is 12.5. The van der Waals surface area contributed by atoms with Crippen LogP contribution in [0, 0.1) is 0 Å². The predicted molar refractivity (Wildman–Crippen MR) is 80.8 cm³/mol. The molecule has 0 bridgehead atoms. The summed E-state index contributed by atoms with van der Waals surface area (Å²) >= 11 is 0. The van der Waals surface area contributed by atoms with E-state index < -0.39 is 0 Å². The van der Waals surface area contributed by atoms with Gasteiger partial charge in [-0.2, -0.15) is 0 Å². The molecule has 0 spiro atoms. The van der Waals surface area contributed by atoms with Crippen LogP contribution >= 0.6 is 0 Å². The lowest BCUT2D eigenvalue weighted by atomic mass is 9.93. The molecule has 2 atom stereocenters. The number of carbonyl (C=O) groups excluding carboxylic acids is 1. The van der Waals surface area contributed by atoms with Gasteiger partial charge in [-0.3, -0.25) is 4.79 Å². The molecule has 20 heavy (non-hydrogen) atoms. The zero-order chi connectivity index (χ0) is 13.8. The minimum Gasteiger partial charge on any atom is -0.322 e. The molecule has 3 nitrogen and oxygen atoms in total. The molecular weight excluding hydrogens is 248 g/mol. The first-order valence-corrected chi connectivity index (χ1v) is 8.06. The van der Waals surface area contributed by atoms with E-state index in [1.54, 1.807) is 4.90 Å². The molecule has 1 unspecified atom stereocenters. The van der Waals surface area contributed by atoms with Crippen LogP contribution in [0.4, 0.5) is 5.69 Å². The van der Waals surface area contributed by atoms with Crippen molar-refractivity contribution < 1.29 is 9.69 Å². The van der Waals surface area contributed by atoms with Gasteiger partial charge in [0.05, 0.1) is 12.6 Å². The highest BCUT2D eigenvalue weighted by atomic mass is 16.2. The summed E-state index contributed by atoms with van der Waals surface area (Å²) in [7, 11) is 0. The Morgan fingerprint density at radius 3 is 2.50 bits per heavy atom. The highest BCUT2D eigenvalue weighted by Crippen LogP contribution is 2.18. The van der Waals surface area contributed by atoms with Gasteiger partial charge >= 0.3 is 0 Å². The van der Waals surface area contributed by atoms with Crippen molar-refractivity contribution in [2.45, 2.75) is 57.0 Å². The minimum absolute atomic E-state index is 0.165. The summed E-state index contributed by atoms with van der Waals surface area (Å²) in [5.41, 5.74) is 0.924. The van der Waals surface area contributed by atoms with Crippen molar-refractivity contribution in [1.82, 2.24) is 0 Å². The Balaban J connectivity index is 1.64. The first-order valence-electron chi connectivity index (χ1n) is 8.06. The summed E-state index contributed by atoms with van der Waals surface area (Å²) in [4.78, 5) is 14.1. The third-order valence-electron chi connectivity index (χ3n) is 4.89. The Hall–Kier alpha value is -1.35. The van der Waals surface area contributed by atoms with Crippen molar-refractivity contribution in [1.29, 1.82) is 0 Å². The van der Waals surface area contributed by atoms with Crippen LogP contribution < -0.4 is 10.2 Å². The molecule has 3 rings (SSSR count). The van der Waals surface area contributed by atoms with Gasteiger partial charge in [0.15, 0.2) is 6.04 Å². The third kappa shape index (κ3) is 3.04. The average Bonchev–Trinajstić information content (AvgIpc) is 2.99. The van der Waals surface area contributed by atoms with Crippen molar-refractivity contribution in [2.24, 2.45) is 0 Å². The topological polar surface area (TPSA) is 33.5 Å². The maximum atomic E-state index is 12.5. The van der Waals surface area contributed by atoms with E-state index in [0.29, 0.717) is 0 Å². The highest BCUT2D eigenvalue weighted by molar-refractivity contribution is 5.93. The number of amides is 1. The SMILES string of the molecule is O=C(Nc1ccccc1)[C@@H]1CCC[NH+]1C1CCCCC1. The van der Waals surface area contributed by atoms with Crippen molar-refractivity contribution in [3.8, 4) is 0 Å². The van der Waals surface area contributed by atoms with Gasteiger partial charge in [-0.25, -0.2) is 0 Å². The van der Waals surface area contributed by atoms with E-state index in [4.69, 9.17) is 0 Å². The largest absolute Gasteiger partial charge is 0.322 e. The Morgan fingerprint density at radius 1 is 1.00 bits per heavy atom. The van der Waals surface area contributed by atoms with Crippen LogP contribution in [-0.2, 0) is 4.79 Å². The number of quaternary nitrogens is 1. The van der Waals surface area contributed by atoms with Gasteiger partial charge in [0.2, 0.25) is 0 Å². The number of hydrogen-bond acceptors (Lipinski definition) is 1. The second-order valence-electron chi connectivity index (χ2n) is 6.21. The lowest BCUT2D eigenvalue weighted by Crippen LogP contribution is -3.18. The van der Waals surface area contributed by atoms with Gasteiger partial charge in [0, 0.05) is 18.5 Å². The lowest BCUT2D eigenvalue weighted by Gasteiger charge is -2.31. The Morgan fingerprint density at radius 2 is 1.75 bits per heavy atom. The van der Waals surface area contributed by atoms with Gasteiger partial charge in [-0.05, 0) is 37.8 Å². The fourth-order valence-electron chi connectivity index (χ4n) is 3.88. The Labute approximate surface area is 121 Å². The molecule has 0 radical (unpaired) electrons. The number of anilines is 1. The van der Waals surface area contributed by atoms with Crippen LogP contribution in [0.5, 0.6) is 0 Å². The zero-order valence-corrected chi connectivity index (χ0v) is 12.1. The maximum Gasteiger partial charge on any atom is 0.282 e. The number of likely N-dealkylation sites (tertiary alicyclic amines) is 1. The Bertz CT molecular complexity index is 440. The fourth-order valence-corrected chi connectivity index (χ4v) is 3.88. The Kier molecular flexibility index (Phi) is 4.36. The summed E-state index contributed by atoms with van der Waals surface area (Å²) in [6.45, 7) is 1.18. The molecule has 3 heteroatoms. The van der Waals surface area contributed by atoms with Crippen molar-refractivity contribution in [3.63, 3.8) is 0 Å². The zero-order valence-electron chi connectivity index (χ0n) is 12.1. The van der Waals surface area contributed by atoms with Crippen LogP contribution in [0.3, 0.4) is 0 Å². The third-order valence-corrected chi connectivity index (χ3v) is 4.89. The summed E-state index contributed by atoms with van der Waals surface area (Å²) in [5, 5.41) is 3.09. The smallest absolute Gasteiger partial charge is 0.282 e. The second kappa shape index (κ2) is 6.40. The summed E-state index contributed by atoms with van der Waals surface area (Å²) in [5.74, 6) is 0.217. The molecule has 2 aliphatic rings. The van der Waals surface area contributed by atoms with E-state index in [9.17, 15) is 4.79 Å². The molecule has 1 amide bonds. The molecule has 2 N–H and O–H groups in total. The van der Waals surface area contributed by atoms with Gasteiger partial charge in [-0.1, -0.05) is 24.6 Å². The van der Waals surface area contributed by atoms with E-state index in [-0.39, 0.29) is 11.9 Å². The normalized spacial score (nSPS) is 27.4. The van der Waals surface area contributed by atoms with Crippen molar-refractivity contribution in [2.75, 3.05) is 11.9 Å². The molecule has 1 aromatic rings. The quantitative estimate of drug-likeness (QED) is 0.868. The predicted octanol–water partition coefficient (Wildman–Crippen LogP) is 2.01. The molecule has 0 aromatic heterocycles. The minimum atomic E-state index is 0.165. The molecule has 2 fully saturated rings. The molecule has 1 heterocycles. The van der Waals surface area contributed by atoms with Gasteiger partial charge in [-0.15, -0.1) is 0 Å². The van der Waals surface area contributed by atoms with E-state index in [0.717, 1.165) is 18.2 Å². The van der Waals surface area contributed by atoms with Gasteiger partial charge < -0.3 is 10.2 Å². The van der Waals surface area contributed by atoms with Crippen LogP contribution in [0.15, 0.2) is 30.3 Å². The first-order chi connectivity index (χ1) is 9.84. The van der Waals surface area contributed by atoms with Gasteiger partial charge in [0.25, 0.3) is 5.91 Å². The van der Waals surface area contributed by atoms with Crippen LogP contribution in [0.25, 0.3) is 0 Å². The first kappa shape index (κ1) is 13.6. The monoisotopic (exact) mass is 273 g/mol. The van der Waals surface area contributed by atoms with Crippen molar-refractivity contribution in [3.05, 3.63) is 30.3 Å². The van der Waals surface area contributed by atoms with Crippen LogP contribution in [-0.4, -0.2) is 24.5 Å². The van der Waals surface area contributed by atoms with Crippen molar-refractivity contribution >= 4 is 11.6 Å². The van der Waals surface area contributed by atoms with E-state index >= 15 is 0 Å². The van der Waals surface area contributed by atoms with Gasteiger partial charge in [0.1, 0.15) is 0 Å². The molecular formula is C17H25N2O+. The van der Waals surface area contributed by atoms with Crippen LogP contribution in [0.2, 0.25) is 0 Å². The number of nitrogens with one attached hydrogen (secondary N) is 2. The molecule has 108 valence electrons. The summed E-state index contributed by atoms with van der Waals surface area (Å²) in [6, 6.07) is 10.7. The van der Waals surface area contributed by atoms with E-state index in [2.05, 4.69) is 5.32 Å². The second-order valence-corrected chi connectivity index (χ2v) is 6.21. The summed E-state index contributed by atoms with van der Waals surface area (Å²) in [6.07, 6.45) is 8.94. The number of carbonyl (C=O) groups is 1. The van der Waals surface area contributed by atoms with Crippen LogP contribution in [0.1, 0.15) is 44.9 Å². The highest BCUT2D eigenvalue weighted by Gasteiger charge is 2.39. The molecule has 1 aromatic carbocycles. The number of para-hydroxylation sites is 1. The lowest BCUT2D eigenvalue weighted by molar-refractivity contribution is -0.929. The standard InChI is InChI=1S/C17H24N2O/c20-17(18-14-8-3-1-4-9-14)16-12-7-13-19(16)15-10-5-2-6-11-15/h1,3-4,8-9,15-16H,2,5-7,10-13H2,(H,18,20)/p+1/t16-/m0/s1. The van der Waals surface area contributed by atoms with E-state index in [1.807, 2.05) is 30.3 Å². The summed E-state index contributed by atoms with van der Waals surface area (Å²) < 4.78 is 0. The molecule has 1 saturated heterocycles. The molecule has 1 aliphatic heterocycles. The number of benzene rings is 1.